The molecule has 3 rings (SSSR count). The molecule has 7 nitrogen and oxygen atoms in total. The predicted molar refractivity (Wildman–Crippen MR) is 106 cm³/mol. The molecule has 1 N–H and O–H groups in total. The molecule has 2 aromatic carbocycles. The summed E-state index contributed by atoms with van der Waals surface area (Å²) in [5, 5.41) is 2.79. The number of hydrogen-bond donors (Lipinski definition) is 1. The highest BCUT2D eigenvalue weighted by Gasteiger charge is 2.30. The number of anilines is 2. The van der Waals surface area contributed by atoms with Crippen LogP contribution < -0.4 is 15.0 Å². The molecular formula is C21H22FN3O4. The van der Waals surface area contributed by atoms with Gasteiger partial charge in [-0.25, -0.2) is 4.39 Å². The third kappa shape index (κ3) is 4.71. The minimum absolute atomic E-state index is 0.0276. The summed E-state index contributed by atoms with van der Waals surface area (Å²) in [4.78, 5) is 40.1. The normalized spacial score (nSPS) is 15.8. The van der Waals surface area contributed by atoms with Crippen LogP contribution >= 0.6 is 0 Å². The number of likely N-dealkylation sites (N-methyl/N-ethyl adjacent to an activating group) is 1. The number of amides is 3. The van der Waals surface area contributed by atoms with E-state index in [1.165, 1.54) is 35.0 Å². The van der Waals surface area contributed by atoms with Crippen molar-refractivity contribution >= 4 is 29.1 Å². The van der Waals surface area contributed by atoms with Gasteiger partial charge >= 0.3 is 0 Å². The zero-order valence-electron chi connectivity index (χ0n) is 16.2. The van der Waals surface area contributed by atoms with E-state index in [4.69, 9.17) is 4.74 Å². The minimum atomic E-state index is -0.564. The maximum absolute atomic E-state index is 13.6. The van der Waals surface area contributed by atoms with Gasteiger partial charge in [-0.15, -0.1) is 0 Å². The van der Waals surface area contributed by atoms with E-state index in [1.807, 2.05) is 0 Å². The van der Waals surface area contributed by atoms with Crippen molar-refractivity contribution in [1.29, 1.82) is 0 Å². The first-order valence-electron chi connectivity index (χ1n) is 9.19. The van der Waals surface area contributed by atoms with Crippen molar-refractivity contribution < 1.29 is 23.5 Å². The SMILES string of the molecule is C[C@H]1CC(=O)Nc2ccccc2N1C(=O)CN(C)C(=O)COc1ccccc1F. The van der Waals surface area contributed by atoms with Gasteiger partial charge in [0.2, 0.25) is 11.8 Å². The molecule has 0 saturated carbocycles. The first kappa shape index (κ1) is 20.3. The Morgan fingerprint density at radius 1 is 1.21 bits per heavy atom. The van der Waals surface area contributed by atoms with Gasteiger partial charge in [-0.3, -0.25) is 14.4 Å². The smallest absolute Gasteiger partial charge is 0.260 e. The van der Waals surface area contributed by atoms with Crippen LogP contribution in [0.25, 0.3) is 0 Å². The highest BCUT2D eigenvalue weighted by molar-refractivity contribution is 6.05. The van der Waals surface area contributed by atoms with Crippen LogP contribution in [0.4, 0.5) is 15.8 Å². The van der Waals surface area contributed by atoms with Gasteiger partial charge in [0.1, 0.15) is 0 Å². The van der Waals surface area contributed by atoms with Crippen LogP contribution in [0.1, 0.15) is 13.3 Å². The van der Waals surface area contributed by atoms with E-state index in [9.17, 15) is 18.8 Å². The molecule has 152 valence electrons. The largest absolute Gasteiger partial charge is 0.481 e. The summed E-state index contributed by atoms with van der Waals surface area (Å²) in [6.07, 6.45) is 0.147. The Bertz CT molecular complexity index is 934. The molecule has 0 saturated heterocycles. The zero-order valence-corrected chi connectivity index (χ0v) is 16.2. The number of fused-ring (bicyclic) bond motifs is 1. The molecule has 2 aromatic rings. The second-order valence-electron chi connectivity index (χ2n) is 6.85. The van der Waals surface area contributed by atoms with Gasteiger partial charge in [0.25, 0.3) is 5.91 Å². The van der Waals surface area contributed by atoms with E-state index in [0.717, 1.165) is 0 Å². The average molecular weight is 399 g/mol. The molecule has 0 radical (unpaired) electrons. The molecule has 8 heteroatoms. The maximum atomic E-state index is 13.6. The quantitative estimate of drug-likeness (QED) is 0.838. The predicted octanol–water partition coefficient (Wildman–Crippen LogP) is 2.43. The number of carbonyl (C=O) groups excluding carboxylic acids is 3. The highest BCUT2D eigenvalue weighted by Crippen LogP contribution is 2.31. The lowest BCUT2D eigenvalue weighted by atomic mass is 10.1. The Balaban J connectivity index is 1.67. The Morgan fingerprint density at radius 2 is 1.90 bits per heavy atom. The van der Waals surface area contributed by atoms with Crippen LogP contribution in [0.3, 0.4) is 0 Å². The summed E-state index contributed by atoms with van der Waals surface area (Å²) in [5.74, 6) is -1.57. The van der Waals surface area contributed by atoms with Crippen LogP contribution in [0.2, 0.25) is 0 Å². The number of ether oxygens (including phenoxy) is 1. The second kappa shape index (κ2) is 8.72. The molecule has 29 heavy (non-hydrogen) atoms. The van der Waals surface area contributed by atoms with Crippen molar-refractivity contribution in [2.24, 2.45) is 0 Å². The number of nitrogens with one attached hydrogen (secondary N) is 1. The highest BCUT2D eigenvalue weighted by atomic mass is 19.1. The lowest BCUT2D eigenvalue weighted by Gasteiger charge is -2.29. The number of carbonyl (C=O) groups is 3. The van der Waals surface area contributed by atoms with Gasteiger partial charge in [0.05, 0.1) is 17.9 Å². The number of rotatable bonds is 5. The fourth-order valence-corrected chi connectivity index (χ4v) is 3.15. The molecule has 0 aromatic heterocycles. The van der Waals surface area contributed by atoms with Crippen molar-refractivity contribution in [2.45, 2.75) is 19.4 Å². The van der Waals surface area contributed by atoms with E-state index in [1.54, 1.807) is 37.3 Å². The van der Waals surface area contributed by atoms with Crippen molar-refractivity contribution in [1.82, 2.24) is 4.90 Å². The molecule has 3 amide bonds. The van der Waals surface area contributed by atoms with Crippen molar-refractivity contribution in [3.8, 4) is 5.75 Å². The van der Waals surface area contributed by atoms with Crippen LogP contribution in [0, 0.1) is 5.82 Å². The first-order chi connectivity index (χ1) is 13.9. The Labute approximate surface area is 168 Å². The van der Waals surface area contributed by atoms with Crippen molar-refractivity contribution in [3.05, 3.63) is 54.3 Å². The van der Waals surface area contributed by atoms with Gasteiger partial charge in [-0.1, -0.05) is 24.3 Å². The number of para-hydroxylation sites is 3. The first-order valence-corrected chi connectivity index (χ1v) is 9.19. The molecule has 1 aliphatic heterocycles. The van der Waals surface area contributed by atoms with E-state index in [-0.39, 0.29) is 36.6 Å². The lowest BCUT2D eigenvalue weighted by molar-refractivity contribution is -0.135. The number of benzene rings is 2. The van der Waals surface area contributed by atoms with Crippen LogP contribution in [0.5, 0.6) is 5.75 Å². The molecule has 0 bridgehead atoms. The maximum Gasteiger partial charge on any atom is 0.260 e. The van der Waals surface area contributed by atoms with Crippen LogP contribution in [-0.4, -0.2) is 48.9 Å². The van der Waals surface area contributed by atoms with Gasteiger partial charge in [0.15, 0.2) is 18.2 Å². The summed E-state index contributed by atoms with van der Waals surface area (Å²) < 4.78 is 18.8. The zero-order chi connectivity index (χ0) is 21.0. The van der Waals surface area contributed by atoms with E-state index in [2.05, 4.69) is 5.32 Å². The Kier molecular flexibility index (Phi) is 6.11. The van der Waals surface area contributed by atoms with E-state index < -0.39 is 18.3 Å². The molecule has 1 aliphatic rings. The third-order valence-electron chi connectivity index (χ3n) is 4.61. The summed E-state index contributed by atoms with van der Waals surface area (Å²) >= 11 is 0. The minimum Gasteiger partial charge on any atom is -0.481 e. The number of nitrogens with zero attached hydrogens (tertiary/aromatic N) is 2. The summed E-state index contributed by atoms with van der Waals surface area (Å²) in [6, 6.07) is 12.4. The molecule has 1 atom stereocenters. The molecule has 0 unspecified atom stereocenters. The van der Waals surface area contributed by atoms with Crippen LogP contribution in [-0.2, 0) is 14.4 Å². The van der Waals surface area contributed by atoms with E-state index >= 15 is 0 Å². The van der Waals surface area contributed by atoms with Gasteiger partial charge in [-0.2, -0.15) is 0 Å². The topological polar surface area (TPSA) is 79.0 Å². The number of hydrogen-bond acceptors (Lipinski definition) is 4. The van der Waals surface area contributed by atoms with Gasteiger partial charge < -0.3 is 19.9 Å². The molecule has 0 spiro atoms. The standard InChI is InChI=1S/C21H22FN3O4/c1-14-11-19(26)23-16-8-4-5-9-17(16)25(14)20(27)12-24(2)21(28)13-29-18-10-6-3-7-15(18)22/h3-10,14H,11-13H2,1-2H3,(H,23,26)/t14-/m0/s1. The summed E-state index contributed by atoms with van der Waals surface area (Å²) in [7, 11) is 1.47. The average Bonchev–Trinajstić information content (AvgIpc) is 2.81. The van der Waals surface area contributed by atoms with Gasteiger partial charge in [-0.05, 0) is 31.2 Å². The lowest BCUT2D eigenvalue weighted by Crippen LogP contribution is -2.46. The van der Waals surface area contributed by atoms with Gasteiger partial charge in [0, 0.05) is 19.5 Å². The fourth-order valence-electron chi connectivity index (χ4n) is 3.15. The Morgan fingerprint density at radius 3 is 2.66 bits per heavy atom. The van der Waals surface area contributed by atoms with Crippen molar-refractivity contribution in [2.75, 3.05) is 30.4 Å². The Hall–Kier alpha value is -3.42. The molecular weight excluding hydrogens is 377 g/mol. The molecule has 0 fully saturated rings. The van der Waals surface area contributed by atoms with Crippen LogP contribution in [0.15, 0.2) is 48.5 Å². The third-order valence-corrected chi connectivity index (χ3v) is 4.61. The molecule has 1 heterocycles. The van der Waals surface area contributed by atoms with E-state index in [0.29, 0.717) is 11.4 Å². The summed E-state index contributed by atoms with van der Waals surface area (Å²) in [5.41, 5.74) is 1.13. The van der Waals surface area contributed by atoms with Crippen molar-refractivity contribution in [3.63, 3.8) is 0 Å². The second-order valence-corrected chi connectivity index (χ2v) is 6.85. The fraction of sp³-hybridized carbons (Fsp3) is 0.286. The molecule has 0 aliphatic carbocycles. The summed E-state index contributed by atoms with van der Waals surface area (Å²) in [6.45, 7) is 1.19. The monoisotopic (exact) mass is 399 g/mol. The number of halogens is 1.